The molecular formula is C20H21BrN2O3. The SMILES string of the molecule is COC(=O)c1cc2c(OC[C@@H](N)Cc3ccccc3)ccc(Br)c2n1C. The van der Waals surface area contributed by atoms with E-state index >= 15 is 0 Å². The van der Waals surface area contributed by atoms with Crippen LogP contribution in [0.4, 0.5) is 0 Å². The van der Waals surface area contributed by atoms with Gasteiger partial charge in [0.05, 0.1) is 12.6 Å². The van der Waals surface area contributed by atoms with Crippen LogP contribution in [0.3, 0.4) is 0 Å². The lowest BCUT2D eigenvalue weighted by molar-refractivity contribution is 0.0590. The largest absolute Gasteiger partial charge is 0.491 e. The number of methoxy groups -OCH3 is 1. The van der Waals surface area contributed by atoms with Crippen LogP contribution in [0, 0.1) is 0 Å². The summed E-state index contributed by atoms with van der Waals surface area (Å²) in [6, 6.07) is 15.5. The standard InChI is InChI=1S/C20H21BrN2O3/c1-23-17(20(24)25-2)11-15-18(9-8-16(21)19(15)23)26-12-14(22)10-13-6-4-3-5-7-13/h3-9,11,14H,10,12,22H2,1-2H3/t14-/m0/s1. The highest BCUT2D eigenvalue weighted by atomic mass is 79.9. The summed E-state index contributed by atoms with van der Waals surface area (Å²) in [5.74, 6) is 0.305. The molecule has 0 bridgehead atoms. The average molecular weight is 417 g/mol. The first-order chi connectivity index (χ1) is 12.5. The third kappa shape index (κ3) is 3.76. The van der Waals surface area contributed by atoms with Crippen LogP contribution >= 0.6 is 15.9 Å². The minimum absolute atomic E-state index is 0.125. The van der Waals surface area contributed by atoms with Crippen molar-refractivity contribution in [2.45, 2.75) is 12.5 Å². The number of esters is 1. The van der Waals surface area contributed by atoms with Crippen LogP contribution in [0.25, 0.3) is 10.9 Å². The molecule has 0 spiro atoms. The molecule has 26 heavy (non-hydrogen) atoms. The average Bonchev–Trinajstić information content (AvgIpc) is 3.00. The molecule has 0 unspecified atom stereocenters. The van der Waals surface area contributed by atoms with Crippen LogP contribution in [-0.4, -0.2) is 30.3 Å². The number of aryl methyl sites for hydroxylation is 1. The quantitative estimate of drug-likeness (QED) is 0.622. The van der Waals surface area contributed by atoms with Crippen molar-refractivity contribution in [2.24, 2.45) is 12.8 Å². The molecule has 0 aliphatic carbocycles. The van der Waals surface area contributed by atoms with E-state index in [1.165, 1.54) is 12.7 Å². The zero-order valence-corrected chi connectivity index (χ0v) is 16.3. The number of hydrogen-bond acceptors (Lipinski definition) is 4. The molecule has 0 radical (unpaired) electrons. The zero-order valence-electron chi connectivity index (χ0n) is 14.7. The van der Waals surface area contributed by atoms with E-state index in [0.29, 0.717) is 18.1 Å². The van der Waals surface area contributed by atoms with Crippen LogP contribution in [0.5, 0.6) is 5.75 Å². The molecule has 0 amide bonds. The van der Waals surface area contributed by atoms with Crippen molar-refractivity contribution in [3.05, 3.63) is 64.3 Å². The summed E-state index contributed by atoms with van der Waals surface area (Å²) in [5, 5.41) is 0.842. The van der Waals surface area contributed by atoms with E-state index in [2.05, 4.69) is 28.1 Å². The Kier molecular flexibility index (Phi) is 5.64. The number of aromatic nitrogens is 1. The number of benzene rings is 2. The van der Waals surface area contributed by atoms with Gasteiger partial charge in [-0.25, -0.2) is 4.79 Å². The highest BCUT2D eigenvalue weighted by Crippen LogP contribution is 2.34. The van der Waals surface area contributed by atoms with Crippen molar-refractivity contribution in [1.82, 2.24) is 4.57 Å². The highest BCUT2D eigenvalue weighted by molar-refractivity contribution is 9.10. The van der Waals surface area contributed by atoms with Gasteiger partial charge in [-0.2, -0.15) is 0 Å². The van der Waals surface area contributed by atoms with Gasteiger partial charge >= 0.3 is 5.97 Å². The fourth-order valence-corrected chi connectivity index (χ4v) is 3.61. The van der Waals surface area contributed by atoms with Gasteiger partial charge < -0.3 is 19.8 Å². The summed E-state index contributed by atoms with van der Waals surface area (Å²) >= 11 is 3.54. The monoisotopic (exact) mass is 416 g/mol. The van der Waals surface area contributed by atoms with Gasteiger partial charge in [-0.3, -0.25) is 0 Å². The van der Waals surface area contributed by atoms with Crippen LogP contribution in [-0.2, 0) is 18.2 Å². The summed E-state index contributed by atoms with van der Waals surface area (Å²) in [6.07, 6.45) is 0.739. The van der Waals surface area contributed by atoms with Gasteiger partial charge in [0.15, 0.2) is 0 Å². The maximum absolute atomic E-state index is 12.0. The Labute approximate surface area is 160 Å². The number of halogens is 1. The molecule has 2 aromatic carbocycles. The molecule has 6 heteroatoms. The van der Waals surface area contributed by atoms with E-state index in [1.54, 1.807) is 10.6 Å². The van der Waals surface area contributed by atoms with E-state index in [1.807, 2.05) is 37.4 Å². The topological polar surface area (TPSA) is 66.5 Å². The Morgan fingerprint density at radius 2 is 1.96 bits per heavy atom. The van der Waals surface area contributed by atoms with E-state index in [-0.39, 0.29) is 12.0 Å². The van der Waals surface area contributed by atoms with Gasteiger partial charge in [0.2, 0.25) is 0 Å². The summed E-state index contributed by atoms with van der Waals surface area (Å²) < 4.78 is 13.5. The fraction of sp³-hybridized carbons (Fsp3) is 0.250. The van der Waals surface area contributed by atoms with Gasteiger partial charge in [0.1, 0.15) is 18.1 Å². The van der Waals surface area contributed by atoms with Crippen LogP contribution in [0.15, 0.2) is 53.0 Å². The molecule has 0 fully saturated rings. The van der Waals surface area contributed by atoms with Crippen LogP contribution in [0.2, 0.25) is 0 Å². The summed E-state index contributed by atoms with van der Waals surface area (Å²) in [6.45, 7) is 0.383. The second kappa shape index (κ2) is 7.93. The summed E-state index contributed by atoms with van der Waals surface area (Å²) in [5.41, 5.74) is 8.74. The van der Waals surface area contributed by atoms with Crippen molar-refractivity contribution >= 4 is 32.8 Å². The van der Waals surface area contributed by atoms with Crippen molar-refractivity contribution in [1.29, 1.82) is 0 Å². The fourth-order valence-electron chi connectivity index (χ4n) is 3.00. The number of nitrogens with two attached hydrogens (primary N) is 1. The van der Waals surface area contributed by atoms with Crippen LogP contribution in [0.1, 0.15) is 16.1 Å². The Morgan fingerprint density at radius 1 is 1.23 bits per heavy atom. The van der Waals surface area contributed by atoms with Crippen molar-refractivity contribution in [3.63, 3.8) is 0 Å². The molecule has 2 N–H and O–H groups in total. The Hall–Kier alpha value is -2.31. The van der Waals surface area contributed by atoms with E-state index in [4.69, 9.17) is 15.2 Å². The maximum Gasteiger partial charge on any atom is 0.354 e. The molecule has 5 nitrogen and oxygen atoms in total. The second-order valence-electron chi connectivity index (χ2n) is 6.15. The number of fused-ring (bicyclic) bond motifs is 1. The molecule has 3 rings (SSSR count). The normalized spacial score (nSPS) is 12.2. The first-order valence-electron chi connectivity index (χ1n) is 8.29. The van der Waals surface area contributed by atoms with Gasteiger partial charge in [-0.15, -0.1) is 0 Å². The molecule has 0 aliphatic rings. The third-order valence-electron chi connectivity index (χ3n) is 4.29. The van der Waals surface area contributed by atoms with E-state index in [0.717, 1.165) is 21.8 Å². The number of carbonyl (C=O) groups excluding carboxylic acids is 1. The second-order valence-corrected chi connectivity index (χ2v) is 7.00. The van der Waals surface area contributed by atoms with Crippen molar-refractivity contribution in [2.75, 3.05) is 13.7 Å². The minimum atomic E-state index is -0.387. The minimum Gasteiger partial charge on any atom is -0.491 e. The summed E-state index contributed by atoms with van der Waals surface area (Å²) in [7, 11) is 3.19. The summed E-state index contributed by atoms with van der Waals surface area (Å²) in [4.78, 5) is 12.0. The molecule has 136 valence electrons. The van der Waals surface area contributed by atoms with Crippen LogP contribution < -0.4 is 10.5 Å². The van der Waals surface area contributed by atoms with Gasteiger partial charge in [0.25, 0.3) is 0 Å². The van der Waals surface area contributed by atoms with Gasteiger partial charge in [-0.05, 0) is 46.1 Å². The number of ether oxygens (including phenoxy) is 2. The highest BCUT2D eigenvalue weighted by Gasteiger charge is 2.18. The number of rotatable bonds is 6. The Balaban J connectivity index is 1.82. The van der Waals surface area contributed by atoms with Crippen molar-refractivity contribution in [3.8, 4) is 5.75 Å². The first-order valence-corrected chi connectivity index (χ1v) is 9.09. The molecule has 3 aromatic rings. The molecule has 1 heterocycles. The number of hydrogen-bond donors (Lipinski definition) is 1. The maximum atomic E-state index is 12.0. The lowest BCUT2D eigenvalue weighted by Crippen LogP contribution is -2.30. The lowest BCUT2D eigenvalue weighted by atomic mass is 10.1. The number of nitrogens with zero attached hydrogens (tertiary/aromatic N) is 1. The Morgan fingerprint density at radius 3 is 2.65 bits per heavy atom. The molecule has 0 saturated heterocycles. The predicted molar refractivity (Wildman–Crippen MR) is 106 cm³/mol. The van der Waals surface area contributed by atoms with Gasteiger partial charge in [0, 0.05) is 22.9 Å². The van der Waals surface area contributed by atoms with E-state index in [9.17, 15) is 4.79 Å². The smallest absolute Gasteiger partial charge is 0.354 e. The molecule has 0 saturated carbocycles. The van der Waals surface area contributed by atoms with Gasteiger partial charge in [-0.1, -0.05) is 30.3 Å². The van der Waals surface area contributed by atoms with Crippen molar-refractivity contribution < 1.29 is 14.3 Å². The molecule has 1 aromatic heterocycles. The third-order valence-corrected chi connectivity index (χ3v) is 4.93. The van der Waals surface area contributed by atoms with E-state index < -0.39 is 0 Å². The lowest BCUT2D eigenvalue weighted by Gasteiger charge is -2.14. The molecule has 0 aliphatic heterocycles. The zero-order chi connectivity index (χ0) is 18.7. The Bertz CT molecular complexity index is 922. The predicted octanol–water partition coefficient (Wildman–Crippen LogP) is 3.68. The molecule has 1 atom stereocenters. The number of carbonyl (C=O) groups is 1. The first kappa shape index (κ1) is 18.5. The molecular weight excluding hydrogens is 396 g/mol.